The van der Waals surface area contributed by atoms with Crippen molar-refractivity contribution in [3.8, 4) is 0 Å². The van der Waals surface area contributed by atoms with Crippen LogP contribution in [0.5, 0.6) is 0 Å². The van der Waals surface area contributed by atoms with Crippen molar-refractivity contribution in [1.29, 1.82) is 0 Å². The Hall–Kier alpha value is -4.04. The molecule has 0 amide bonds. The lowest BCUT2D eigenvalue weighted by molar-refractivity contribution is -0.129. The minimum atomic E-state index is -0.947. The van der Waals surface area contributed by atoms with Gasteiger partial charge in [-0.25, -0.2) is 0 Å². The third-order valence-electron chi connectivity index (χ3n) is 9.52. The van der Waals surface area contributed by atoms with Gasteiger partial charge in [0, 0.05) is 5.41 Å². The molecule has 7 rings (SSSR count). The second-order valence-corrected chi connectivity index (χ2v) is 11.0. The van der Waals surface area contributed by atoms with Crippen molar-refractivity contribution >= 4 is 11.6 Å². The topological polar surface area (TPSA) is 34.1 Å². The van der Waals surface area contributed by atoms with E-state index < -0.39 is 28.1 Å². The zero-order valence-electron chi connectivity index (χ0n) is 21.0. The van der Waals surface area contributed by atoms with Crippen LogP contribution in [0.1, 0.15) is 47.6 Å². The minimum Gasteiger partial charge on any atom is -0.298 e. The fourth-order valence-electron chi connectivity index (χ4n) is 8.32. The Bertz CT molecular complexity index is 1590. The number of allylic oxidation sites excluding steroid dienone is 2. The molecule has 5 unspecified atom stereocenters. The van der Waals surface area contributed by atoms with Crippen LogP contribution in [0.2, 0.25) is 0 Å². The molecule has 3 aliphatic rings. The molecular weight excluding hydrogens is 452 g/mol. The standard InChI is InChI=1S/C35H28O2/c1-23-22-34(25-16-8-4-9-17-25)28-21-13-12-20-27(28)33(2)31(30(23)36)35(34,26-18-10-5-11-19-26)29(32(33)37)24-14-6-3-7-15-24/h3-22,29,31H,1-2H3. The average molecular weight is 481 g/mol. The molecular formula is C35H28O2. The van der Waals surface area contributed by atoms with E-state index in [1.807, 2.05) is 62.4 Å². The highest BCUT2D eigenvalue weighted by Crippen LogP contribution is 2.75. The van der Waals surface area contributed by atoms with Gasteiger partial charge in [0.25, 0.3) is 0 Å². The summed E-state index contributed by atoms with van der Waals surface area (Å²) < 4.78 is 0. The molecule has 1 saturated carbocycles. The van der Waals surface area contributed by atoms with Crippen molar-refractivity contribution in [3.63, 3.8) is 0 Å². The number of hydrogen-bond donors (Lipinski definition) is 0. The van der Waals surface area contributed by atoms with Gasteiger partial charge in [0.1, 0.15) is 0 Å². The lowest BCUT2D eigenvalue weighted by atomic mass is 9.39. The first-order valence-corrected chi connectivity index (χ1v) is 13.0. The molecule has 0 radical (unpaired) electrons. The Morgan fingerprint density at radius 3 is 1.76 bits per heavy atom. The summed E-state index contributed by atoms with van der Waals surface area (Å²) in [6, 6.07) is 39.4. The van der Waals surface area contributed by atoms with Crippen molar-refractivity contribution in [2.45, 2.75) is 36.0 Å². The molecule has 0 aromatic heterocycles. The molecule has 3 aliphatic carbocycles. The number of carbonyl (C=O) groups is 2. The van der Waals surface area contributed by atoms with Crippen LogP contribution in [0.15, 0.2) is 127 Å². The molecule has 0 N–H and O–H groups in total. The van der Waals surface area contributed by atoms with E-state index in [1.54, 1.807) is 0 Å². The van der Waals surface area contributed by atoms with Gasteiger partial charge in [-0.05, 0) is 47.2 Å². The Balaban J connectivity index is 1.78. The number of fused-ring (bicyclic) bond motifs is 3. The molecule has 4 bridgehead atoms. The maximum absolute atomic E-state index is 15.0. The molecule has 2 heteroatoms. The van der Waals surface area contributed by atoms with E-state index in [4.69, 9.17) is 0 Å². The van der Waals surface area contributed by atoms with Crippen LogP contribution in [0.3, 0.4) is 0 Å². The first-order chi connectivity index (χ1) is 18.0. The van der Waals surface area contributed by atoms with Crippen LogP contribution >= 0.6 is 0 Å². The number of carbonyl (C=O) groups excluding carboxylic acids is 2. The summed E-state index contributed by atoms with van der Waals surface area (Å²) in [6.45, 7) is 3.97. The Morgan fingerprint density at radius 1 is 0.622 bits per heavy atom. The van der Waals surface area contributed by atoms with E-state index in [9.17, 15) is 4.79 Å². The average Bonchev–Trinajstić information content (AvgIpc) is 3.14. The molecule has 4 aromatic rings. The van der Waals surface area contributed by atoms with Crippen molar-refractivity contribution in [2.75, 3.05) is 0 Å². The van der Waals surface area contributed by atoms with E-state index in [0.717, 1.165) is 33.4 Å². The largest absolute Gasteiger partial charge is 0.298 e. The lowest BCUT2D eigenvalue weighted by Gasteiger charge is -2.60. The number of rotatable bonds is 3. The zero-order chi connectivity index (χ0) is 25.4. The Labute approximate surface area is 217 Å². The quantitative estimate of drug-likeness (QED) is 0.327. The van der Waals surface area contributed by atoms with Crippen molar-refractivity contribution in [3.05, 3.63) is 155 Å². The monoisotopic (exact) mass is 480 g/mol. The highest BCUT2D eigenvalue weighted by Gasteiger charge is 2.80. The van der Waals surface area contributed by atoms with E-state index in [2.05, 4.69) is 72.8 Å². The highest BCUT2D eigenvalue weighted by atomic mass is 16.1. The summed E-state index contributed by atoms with van der Waals surface area (Å²) in [6.07, 6.45) is 2.20. The normalized spacial score (nSPS) is 31.6. The Morgan fingerprint density at radius 2 is 1.14 bits per heavy atom. The van der Waals surface area contributed by atoms with Gasteiger partial charge in [-0.3, -0.25) is 9.59 Å². The molecule has 0 saturated heterocycles. The summed E-state index contributed by atoms with van der Waals surface area (Å²) in [7, 11) is 0. The van der Waals surface area contributed by atoms with E-state index in [-0.39, 0.29) is 11.6 Å². The Kier molecular flexibility index (Phi) is 4.49. The summed E-state index contributed by atoms with van der Waals surface area (Å²) in [5, 5.41) is 0. The fourth-order valence-corrected chi connectivity index (χ4v) is 8.32. The van der Waals surface area contributed by atoms with E-state index in [0.29, 0.717) is 0 Å². The van der Waals surface area contributed by atoms with Crippen LogP contribution in [-0.4, -0.2) is 11.6 Å². The third-order valence-corrected chi connectivity index (χ3v) is 9.52. The van der Waals surface area contributed by atoms with E-state index in [1.165, 1.54) is 0 Å². The van der Waals surface area contributed by atoms with Crippen molar-refractivity contribution in [2.24, 2.45) is 5.92 Å². The van der Waals surface area contributed by atoms with Gasteiger partial charge in [0.05, 0.1) is 22.7 Å². The summed E-state index contributed by atoms with van der Waals surface area (Å²) in [5.74, 6) is -0.805. The SMILES string of the molecule is CC1=CC2(c3ccccc3)c3ccccc3C3(C)C(=O)C(c4ccccc4)C2(c2ccccc2)C3C1=O. The molecule has 4 aromatic carbocycles. The molecule has 37 heavy (non-hydrogen) atoms. The molecule has 180 valence electrons. The molecule has 0 heterocycles. The number of ketones is 2. The smallest absolute Gasteiger partial charge is 0.163 e. The van der Waals surface area contributed by atoms with E-state index >= 15 is 4.79 Å². The second kappa shape index (κ2) is 7.49. The first kappa shape index (κ1) is 22.2. The molecule has 0 spiro atoms. The maximum Gasteiger partial charge on any atom is 0.163 e. The van der Waals surface area contributed by atoms with Crippen molar-refractivity contribution < 1.29 is 9.59 Å². The molecule has 1 fully saturated rings. The number of hydrogen-bond acceptors (Lipinski definition) is 2. The van der Waals surface area contributed by atoms with Gasteiger partial charge in [0.2, 0.25) is 0 Å². The van der Waals surface area contributed by atoms with Gasteiger partial charge >= 0.3 is 0 Å². The van der Waals surface area contributed by atoms with Gasteiger partial charge in [0.15, 0.2) is 11.6 Å². The first-order valence-electron chi connectivity index (χ1n) is 13.0. The summed E-state index contributed by atoms with van der Waals surface area (Å²) >= 11 is 0. The lowest BCUT2D eigenvalue weighted by Crippen LogP contribution is -2.64. The fraction of sp³-hybridized carbons (Fsp3) is 0.200. The molecule has 5 atom stereocenters. The van der Waals surface area contributed by atoms with Crippen LogP contribution in [0.4, 0.5) is 0 Å². The van der Waals surface area contributed by atoms with Crippen LogP contribution < -0.4 is 0 Å². The highest BCUT2D eigenvalue weighted by molar-refractivity contribution is 6.14. The maximum atomic E-state index is 15.0. The van der Waals surface area contributed by atoms with Crippen LogP contribution in [-0.2, 0) is 25.8 Å². The predicted octanol–water partition coefficient (Wildman–Crippen LogP) is 6.69. The third kappa shape index (κ3) is 2.42. The second-order valence-electron chi connectivity index (χ2n) is 11.0. The summed E-state index contributed by atoms with van der Waals surface area (Å²) in [4.78, 5) is 29.5. The van der Waals surface area contributed by atoms with Gasteiger partial charge in [-0.1, -0.05) is 121 Å². The predicted molar refractivity (Wildman–Crippen MR) is 146 cm³/mol. The van der Waals surface area contributed by atoms with Gasteiger partial charge in [-0.15, -0.1) is 0 Å². The summed E-state index contributed by atoms with van der Waals surface area (Å²) in [5.41, 5.74) is 3.49. The number of benzene rings is 4. The van der Waals surface area contributed by atoms with Gasteiger partial charge in [-0.2, -0.15) is 0 Å². The van der Waals surface area contributed by atoms with Crippen LogP contribution in [0.25, 0.3) is 0 Å². The zero-order valence-corrected chi connectivity index (χ0v) is 21.0. The van der Waals surface area contributed by atoms with Crippen LogP contribution in [0, 0.1) is 5.92 Å². The number of Topliss-reactive ketones (excluding diaryl/α,β-unsaturated/α-hetero) is 2. The van der Waals surface area contributed by atoms with Gasteiger partial charge < -0.3 is 0 Å². The molecule has 0 aliphatic heterocycles. The van der Waals surface area contributed by atoms with Crippen molar-refractivity contribution in [1.82, 2.24) is 0 Å². The minimum absolute atomic E-state index is 0.0826. The molecule has 2 nitrogen and oxygen atoms in total.